The Labute approximate surface area is 185 Å². The van der Waals surface area contributed by atoms with Crippen LogP contribution in [0.15, 0.2) is 42.5 Å². The van der Waals surface area contributed by atoms with E-state index in [1.807, 2.05) is 12.1 Å². The van der Waals surface area contributed by atoms with Crippen molar-refractivity contribution in [1.29, 1.82) is 0 Å². The van der Waals surface area contributed by atoms with E-state index >= 15 is 0 Å². The Hall–Kier alpha value is -3.29. The largest absolute Gasteiger partial charge is 0.339 e. The number of nitrogens with zero attached hydrogens (tertiary/aromatic N) is 2. The highest BCUT2D eigenvalue weighted by Gasteiger charge is 2.29. The molecule has 2 aromatic carbocycles. The molecule has 0 atom stereocenters. The number of amides is 3. The second-order valence-electron chi connectivity index (χ2n) is 8.23. The van der Waals surface area contributed by atoms with Crippen molar-refractivity contribution in [3.05, 3.63) is 59.7 Å². The molecule has 6 nitrogen and oxygen atoms in total. The smallest absolute Gasteiger partial charge is 0.256 e. The number of hydrogen-bond donors (Lipinski definition) is 1. The zero-order chi connectivity index (χ0) is 22.7. The molecule has 0 spiro atoms. The first-order chi connectivity index (χ1) is 15.4. The molecule has 8 heteroatoms. The maximum Gasteiger partial charge on any atom is 0.256 e. The quantitative estimate of drug-likeness (QED) is 0.781. The summed E-state index contributed by atoms with van der Waals surface area (Å²) in [5.41, 5.74) is 1.23. The Morgan fingerprint density at radius 1 is 0.969 bits per heavy atom. The molecular weight excluding hydrogens is 416 g/mol. The van der Waals surface area contributed by atoms with E-state index < -0.39 is 17.5 Å². The van der Waals surface area contributed by atoms with E-state index in [0.29, 0.717) is 50.7 Å². The Bertz CT molecular complexity index is 1030. The van der Waals surface area contributed by atoms with E-state index in [-0.39, 0.29) is 23.3 Å². The second-order valence-corrected chi connectivity index (χ2v) is 8.23. The van der Waals surface area contributed by atoms with Gasteiger partial charge in [-0.1, -0.05) is 6.07 Å². The third-order valence-corrected chi connectivity index (χ3v) is 6.06. The van der Waals surface area contributed by atoms with Crippen molar-refractivity contribution >= 4 is 29.1 Å². The zero-order valence-electron chi connectivity index (χ0n) is 17.7. The third-order valence-electron chi connectivity index (χ3n) is 6.06. The van der Waals surface area contributed by atoms with Gasteiger partial charge in [0.05, 0.1) is 5.56 Å². The minimum Gasteiger partial charge on any atom is -0.339 e. The minimum absolute atomic E-state index is 0.0920. The highest BCUT2D eigenvalue weighted by atomic mass is 19.1. The van der Waals surface area contributed by atoms with Crippen molar-refractivity contribution in [2.24, 2.45) is 5.92 Å². The number of halogens is 2. The van der Waals surface area contributed by atoms with Gasteiger partial charge in [-0.3, -0.25) is 14.4 Å². The van der Waals surface area contributed by atoms with Crippen molar-refractivity contribution in [2.45, 2.75) is 32.1 Å². The summed E-state index contributed by atoms with van der Waals surface area (Å²) < 4.78 is 27.0. The van der Waals surface area contributed by atoms with Crippen molar-refractivity contribution in [3.63, 3.8) is 0 Å². The summed E-state index contributed by atoms with van der Waals surface area (Å²) in [6.07, 6.45) is 3.30. The van der Waals surface area contributed by atoms with Crippen LogP contribution in [0.5, 0.6) is 0 Å². The highest BCUT2D eigenvalue weighted by Crippen LogP contribution is 2.26. The number of nitrogens with one attached hydrogen (secondary N) is 1. The molecule has 2 aliphatic heterocycles. The maximum absolute atomic E-state index is 13.9. The molecule has 4 rings (SSSR count). The minimum atomic E-state index is -0.887. The molecule has 0 unspecified atom stereocenters. The summed E-state index contributed by atoms with van der Waals surface area (Å²) in [7, 11) is 0. The Morgan fingerprint density at radius 3 is 2.47 bits per heavy atom. The zero-order valence-corrected chi connectivity index (χ0v) is 17.7. The van der Waals surface area contributed by atoms with Crippen LogP contribution in [0.4, 0.5) is 20.2 Å². The Morgan fingerprint density at radius 2 is 1.75 bits per heavy atom. The molecule has 0 aromatic heterocycles. The predicted molar refractivity (Wildman–Crippen MR) is 116 cm³/mol. The number of carbonyl (C=O) groups is 3. The molecule has 2 fully saturated rings. The molecule has 2 saturated heterocycles. The number of piperidine rings is 2. The molecule has 3 amide bonds. The molecule has 1 N–H and O–H groups in total. The predicted octanol–water partition coefficient (Wildman–Crippen LogP) is 3.97. The molecule has 0 aliphatic carbocycles. The lowest BCUT2D eigenvalue weighted by molar-refractivity contribution is -0.121. The van der Waals surface area contributed by atoms with Crippen LogP contribution < -0.4 is 10.2 Å². The average molecular weight is 441 g/mol. The van der Waals surface area contributed by atoms with Crippen LogP contribution in [0.2, 0.25) is 0 Å². The van der Waals surface area contributed by atoms with Crippen LogP contribution in [0, 0.1) is 17.6 Å². The van der Waals surface area contributed by atoms with Crippen molar-refractivity contribution in [2.75, 3.05) is 29.9 Å². The SMILES string of the molecule is O=C(Nc1cccc(N2CCCCC2=O)c1)C1CCN(C(=O)c2ccc(F)cc2F)CC1. The number of carbonyl (C=O) groups excluding carboxylic acids is 3. The van der Waals surface area contributed by atoms with Gasteiger partial charge in [0.15, 0.2) is 0 Å². The summed E-state index contributed by atoms with van der Waals surface area (Å²) in [5, 5.41) is 2.92. The maximum atomic E-state index is 13.9. The van der Waals surface area contributed by atoms with Crippen LogP contribution in [0.25, 0.3) is 0 Å². The first kappa shape index (κ1) is 21.9. The van der Waals surface area contributed by atoms with Crippen molar-refractivity contribution in [1.82, 2.24) is 4.90 Å². The van der Waals surface area contributed by atoms with E-state index in [1.165, 1.54) is 4.90 Å². The van der Waals surface area contributed by atoms with Gasteiger partial charge in [-0.2, -0.15) is 0 Å². The van der Waals surface area contributed by atoms with Gasteiger partial charge in [0.1, 0.15) is 11.6 Å². The van der Waals surface area contributed by atoms with Crippen LogP contribution in [0.3, 0.4) is 0 Å². The van der Waals surface area contributed by atoms with Gasteiger partial charge < -0.3 is 15.1 Å². The topological polar surface area (TPSA) is 69.7 Å². The van der Waals surface area contributed by atoms with Gasteiger partial charge in [0.2, 0.25) is 11.8 Å². The summed E-state index contributed by atoms with van der Waals surface area (Å²) in [6.45, 7) is 1.31. The standard InChI is InChI=1S/C24H25F2N3O3/c25-17-7-8-20(21(26)14-17)24(32)28-12-9-16(10-13-28)23(31)27-18-4-3-5-19(15-18)29-11-2-1-6-22(29)30/h3-5,7-8,14-16H,1-2,6,9-13H2,(H,27,31). The van der Waals surface area contributed by atoms with E-state index in [0.717, 1.165) is 30.7 Å². The third kappa shape index (κ3) is 4.79. The normalized spacial score (nSPS) is 17.4. The first-order valence-corrected chi connectivity index (χ1v) is 10.9. The first-order valence-electron chi connectivity index (χ1n) is 10.9. The van der Waals surface area contributed by atoms with E-state index in [9.17, 15) is 23.2 Å². The summed E-state index contributed by atoms with van der Waals surface area (Å²) in [4.78, 5) is 40.7. The molecule has 0 saturated carbocycles. The fraction of sp³-hybridized carbons (Fsp3) is 0.375. The number of likely N-dealkylation sites (tertiary alicyclic amines) is 1. The van der Waals surface area contributed by atoms with Gasteiger partial charge >= 0.3 is 0 Å². The summed E-state index contributed by atoms with van der Waals surface area (Å²) in [6, 6.07) is 10.2. The van der Waals surface area contributed by atoms with Gasteiger partial charge in [-0.05, 0) is 56.0 Å². The van der Waals surface area contributed by atoms with E-state index in [4.69, 9.17) is 0 Å². The summed E-state index contributed by atoms with van der Waals surface area (Å²) >= 11 is 0. The number of hydrogen-bond acceptors (Lipinski definition) is 3. The molecule has 2 heterocycles. The van der Waals surface area contributed by atoms with Crippen molar-refractivity contribution < 1.29 is 23.2 Å². The van der Waals surface area contributed by atoms with Crippen molar-refractivity contribution in [3.8, 4) is 0 Å². The lowest BCUT2D eigenvalue weighted by Gasteiger charge is -2.31. The average Bonchev–Trinajstić information content (AvgIpc) is 2.79. The summed E-state index contributed by atoms with van der Waals surface area (Å²) in [5.74, 6) is -2.45. The number of benzene rings is 2. The lowest BCUT2D eigenvalue weighted by atomic mass is 9.95. The number of rotatable bonds is 4. The lowest BCUT2D eigenvalue weighted by Crippen LogP contribution is -2.41. The fourth-order valence-electron chi connectivity index (χ4n) is 4.25. The number of anilines is 2. The molecule has 0 bridgehead atoms. The van der Waals surface area contributed by atoms with Gasteiger partial charge in [0.25, 0.3) is 5.91 Å². The van der Waals surface area contributed by atoms with Crippen LogP contribution in [-0.2, 0) is 9.59 Å². The second kappa shape index (κ2) is 9.46. The molecule has 2 aliphatic rings. The van der Waals surface area contributed by atoms with Gasteiger partial charge in [0, 0.05) is 49.4 Å². The molecule has 0 radical (unpaired) electrons. The van der Waals surface area contributed by atoms with Crippen LogP contribution in [0.1, 0.15) is 42.5 Å². The molecule has 2 aromatic rings. The van der Waals surface area contributed by atoms with Gasteiger partial charge in [-0.15, -0.1) is 0 Å². The molecule has 32 heavy (non-hydrogen) atoms. The van der Waals surface area contributed by atoms with Crippen LogP contribution in [-0.4, -0.2) is 42.3 Å². The van der Waals surface area contributed by atoms with Gasteiger partial charge in [-0.25, -0.2) is 8.78 Å². The highest BCUT2D eigenvalue weighted by molar-refractivity contribution is 5.97. The monoisotopic (exact) mass is 441 g/mol. The Kier molecular flexibility index (Phi) is 6.48. The van der Waals surface area contributed by atoms with E-state index in [2.05, 4.69) is 5.32 Å². The fourth-order valence-corrected chi connectivity index (χ4v) is 4.25. The Balaban J connectivity index is 1.34. The van der Waals surface area contributed by atoms with Crippen LogP contribution >= 0.6 is 0 Å². The molecule has 168 valence electrons. The molecular formula is C24H25F2N3O3. The van der Waals surface area contributed by atoms with E-state index in [1.54, 1.807) is 17.0 Å².